The average Bonchev–Trinajstić information content (AvgIpc) is 2.24. The molecule has 96 valence electrons. The second-order valence-corrected chi connectivity index (χ2v) is 5.91. The molecule has 0 spiro atoms. The molecule has 1 rings (SSSR count). The van der Waals surface area contributed by atoms with E-state index in [1.54, 1.807) is 0 Å². The third-order valence-corrected chi connectivity index (χ3v) is 3.26. The lowest BCUT2D eigenvalue weighted by Crippen LogP contribution is -2.34. The summed E-state index contributed by atoms with van der Waals surface area (Å²) >= 11 is 0. The Bertz CT molecular complexity index is 440. The Morgan fingerprint density at radius 2 is 1.82 bits per heavy atom. The van der Waals surface area contributed by atoms with E-state index in [2.05, 4.69) is 40.8 Å². The van der Waals surface area contributed by atoms with Crippen molar-refractivity contribution >= 4 is 15.7 Å². The van der Waals surface area contributed by atoms with E-state index < -0.39 is 10.0 Å². The summed E-state index contributed by atoms with van der Waals surface area (Å²) in [5.41, 5.74) is 2.34. The summed E-state index contributed by atoms with van der Waals surface area (Å²) in [4.78, 5) is 2.14. The number of likely N-dealkylation sites (N-methyl/N-ethyl adjacent to an activating group) is 1. The number of hydrogen-bond acceptors (Lipinski definition) is 3. The molecule has 4 nitrogen and oxygen atoms in total. The predicted molar refractivity (Wildman–Crippen MR) is 71.9 cm³/mol. The van der Waals surface area contributed by atoms with E-state index in [-0.39, 0.29) is 0 Å². The Morgan fingerprint density at radius 1 is 1.24 bits per heavy atom. The first-order valence-corrected chi connectivity index (χ1v) is 7.58. The Labute approximate surface area is 104 Å². The predicted octanol–water partition coefficient (Wildman–Crippen LogP) is 1.37. The summed E-state index contributed by atoms with van der Waals surface area (Å²) in [6, 6.07) is 8.22. The molecule has 1 aromatic carbocycles. The van der Waals surface area contributed by atoms with Crippen LogP contribution in [0.2, 0.25) is 0 Å². The topological polar surface area (TPSA) is 49.4 Å². The summed E-state index contributed by atoms with van der Waals surface area (Å²) in [5, 5.41) is 0. The maximum absolute atomic E-state index is 11.0. The maximum Gasteiger partial charge on any atom is 0.208 e. The first-order valence-electron chi connectivity index (χ1n) is 5.68. The number of nitrogens with one attached hydrogen (secondary N) is 1. The van der Waals surface area contributed by atoms with Crippen LogP contribution in [0, 0.1) is 6.92 Å². The molecule has 0 aliphatic heterocycles. The van der Waals surface area contributed by atoms with Gasteiger partial charge in [0.1, 0.15) is 0 Å². The number of hydrogen-bond donors (Lipinski definition) is 1. The molecule has 0 saturated carbocycles. The highest BCUT2D eigenvalue weighted by atomic mass is 32.2. The monoisotopic (exact) mass is 256 g/mol. The fraction of sp³-hybridized carbons (Fsp3) is 0.500. The highest BCUT2D eigenvalue weighted by Gasteiger charge is 2.05. The first-order chi connectivity index (χ1) is 7.92. The maximum atomic E-state index is 11.0. The molecule has 0 atom stereocenters. The highest BCUT2D eigenvalue weighted by molar-refractivity contribution is 7.88. The molecule has 0 aliphatic carbocycles. The lowest BCUT2D eigenvalue weighted by Gasteiger charge is -2.23. The van der Waals surface area contributed by atoms with Crippen molar-refractivity contribution in [2.75, 3.05) is 30.8 Å². The van der Waals surface area contributed by atoms with E-state index in [1.165, 1.54) is 11.8 Å². The second kappa shape index (κ2) is 6.02. The number of sulfonamides is 1. The lowest BCUT2D eigenvalue weighted by atomic mass is 10.2. The van der Waals surface area contributed by atoms with E-state index in [0.717, 1.165) is 12.2 Å². The van der Waals surface area contributed by atoms with Gasteiger partial charge in [-0.3, -0.25) is 0 Å². The van der Waals surface area contributed by atoms with Crippen LogP contribution in [0.15, 0.2) is 24.3 Å². The summed E-state index contributed by atoms with van der Waals surface area (Å²) < 4.78 is 24.4. The SMILES string of the molecule is CCN(CCNS(C)(=O)=O)c1ccc(C)cc1. The van der Waals surface area contributed by atoms with Crippen LogP contribution in [0.5, 0.6) is 0 Å². The fourth-order valence-electron chi connectivity index (χ4n) is 1.59. The number of aryl methyl sites for hydroxylation is 1. The van der Waals surface area contributed by atoms with Crippen LogP contribution >= 0.6 is 0 Å². The highest BCUT2D eigenvalue weighted by Crippen LogP contribution is 2.14. The molecule has 1 N–H and O–H groups in total. The minimum absolute atomic E-state index is 0.431. The molecule has 17 heavy (non-hydrogen) atoms. The van der Waals surface area contributed by atoms with E-state index in [4.69, 9.17) is 0 Å². The largest absolute Gasteiger partial charge is 0.370 e. The summed E-state index contributed by atoms with van der Waals surface area (Å²) in [6.45, 7) is 6.06. The van der Waals surface area contributed by atoms with Crippen molar-refractivity contribution in [3.8, 4) is 0 Å². The first kappa shape index (κ1) is 14.0. The Hall–Kier alpha value is -1.07. The fourth-order valence-corrected chi connectivity index (χ4v) is 2.05. The molecule has 0 amide bonds. The van der Waals surface area contributed by atoms with Gasteiger partial charge in [0.25, 0.3) is 0 Å². The smallest absolute Gasteiger partial charge is 0.208 e. The van der Waals surface area contributed by atoms with Gasteiger partial charge in [0.2, 0.25) is 10.0 Å². The molecular weight excluding hydrogens is 236 g/mol. The van der Waals surface area contributed by atoms with Gasteiger partial charge < -0.3 is 4.90 Å². The zero-order chi connectivity index (χ0) is 12.9. The molecule has 0 radical (unpaired) electrons. The summed E-state index contributed by atoms with van der Waals surface area (Å²) in [6.07, 6.45) is 1.18. The third kappa shape index (κ3) is 5.19. The molecule has 0 heterocycles. The van der Waals surface area contributed by atoms with Crippen LogP contribution in [-0.2, 0) is 10.0 Å². The van der Waals surface area contributed by atoms with Crippen molar-refractivity contribution in [1.82, 2.24) is 4.72 Å². The Kier molecular flexibility index (Phi) is 4.96. The number of nitrogens with zero attached hydrogens (tertiary/aromatic N) is 1. The zero-order valence-corrected chi connectivity index (χ0v) is 11.4. The van der Waals surface area contributed by atoms with Gasteiger partial charge in [-0.15, -0.1) is 0 Å². The average molecular weight is 256 g/mol. The van der Waals surface area contributed by atoms with Gasteiger partial charge in [-0.2, -0.15) is 0 Å². The van der Waals surface area contributed by atoms with E-state index in [1.807, 2.05) is 6.92 Å². The third-order valence-electron chi connectivity index (χ3n) is 2.53. The molecule has 5 heteroatoms. The summed E-state index contributed by atoms with van der Waals surface area (Å²) in [5.74, 6) is 0. The Morgan fingerprint density at radius 3 is 2.29 bits per heavy atom. The normalized spacial score (nSPS) is 11.5. The molecule has 0 aromatic heterocycles. The number of anilines is 1. The lowest BCUT2D eigenvalue weighted by molar-refractivity contribution is 0.587. The van der Waals surface area contributed by atoms with Crippen LogP contribution in [0.4, 0.5) is 5.69 Å². The minimum Gasteiger partial charge on any atom is -0.370 e. The zero-order valence-electron chi connectivity index (χ0n) is 10.6. The molecular formula is C12H20N2O2S. The van der Waals surface area contributed by atoms with Crippen molar-refractivity contribution in [1.29, 1.82) is 0 Å². The van der Waals surface area contributed by atoms with Crippen LogP contribution in [0.3, 0.4) is 0 Å². The van der Waals surface area contributed by atoms with Gasteiger partial charge in [-0.05, 0) is 26.0 Å². The van der Waals surface area contributed by atoms with Gasteiger partial charge in [-0.25, -0.2) is 13.1 Å². The van der Waals surface area contributed by atoms with Crippen LogP contribution < -0.4 is 9.62 Å². The number of benzene rings is 1. The number of rotatable bonds is 6. The molecule has 0 unspecified atom stereocenters. The molecule has 0 fully saturated rings. The molecule has 0 aliphatic rings. The van der Waals surface area contributed by atoms with Crippen molar-refractivity contribution in [2.45, 2.75) is 13.8 Å². The molecule has 0 bridgehead atoms. The van der Waals surface area contributed by atoms with Crippen molar-refractivity contribution in [3.63, 3.8) is 0 Å². The van der Waals surface area contributed by atoms with E-state index in [0.29, 0.717) is 13.1 Å². The minimum atomic E-state index is -3.09. The van der Waals surface area contributed by atoms with Crippen molar-refractivity contribution in [2.24, 2.45) is 0 Å². The quantitative estimate of drug-likeness (QED) is 0.836. The Balaban J connectivity index is 2.57. The van der Waals surface area contributed by atoms with Gasteiger partial charge in [0, 0.05) is 25.3 Å². The van der Waals surface area contributed by atoms with Crippen LogP contribution in [-0.4, -0.2) is 34.3 Å². The standard InChI is InChI=1S/C12H20N2O2S/c1-4-14(10-9-13-17(3,15)16)12-7-5-11(2)6-8-12/h5-8,13H,4,9-10H2,1-3H3. The van der Waals surface area contributed by atoms with Crippen molar-refractivity contribution in [3.05, 3.63) is 29.8 Å². The van der Waals surface area contributed by atoms with Crippen LogP contribution in [0.25, 0.3) is 0 Å². The summed E-state index contributed by atoms with van der Waals surface area (Å²) in [7, 11) is -3.09. The van der Waals surface area contributed by atoms with Gasteiger partial charge >= 0.3 is 0 Å². The molecule has 1 aromatic rings. The second-order valence-electron chi connectivity index (χ2n) is 4.08. The van der Waals surface area contributed by atoms with E-state index >= 15 is 0 Å². The van der Waals surface area contributed by atoms with Crippen molar-refractivity contribution < 1.29 is 8.42 Å². The molecule has 0 saturated heterocycles. The van der Waals surface area contributed by atoms with Gasteiger partial charge in [0.15, 0.2) is 0 Å². The van der Waals surface area contributed by atoms with Gasteiger partial charge in [-0.1, -0.05) is 17.7 Å². The van der Waals surface area contributed by atoms with Gasteiger partial charge in [0.05, 0.1) is 6.26 Å². The van der Waals surface area contributed by atoms with E-state index in [9.17, 15) is 8.42 Å². The van der Waals surface area contributed by atoms with Crippen LogP contribution in [0.1, 0.15) is 12.5 Å².